The molecule has 9 N–H and O–H groups in total. The Morgan fingerprint density at radius 3 is 1.14 bits per heavy atom. The van der Waals surface area contributed by atoms with Crippen molar-refractivity contribution in [1.82, 2.24) is 6.15 Å². The maximum absolute atomic E-state index is 8.56. The Labute approximate surface area is 39.6 Å². The molecule has 0 aromatic heterocycles. The monoisotopic (exact) mass is 115 g/mol. The Balaban J connectivity index is -0.0000000150. The van der Waals surface area contributed by atoms with Gasteiger partial charge in [-0.3, -0.25) is 0 Å². The minimum atomic E-state index is -1.83. The van der Waals surface area contributed by atoms with Crippen molar-refractivity contribution in [3.63, 3.8) is 0 Å². The second kappa shape index (κ2) is 19.2. The van der Waals surface area contributed by atoms with E-state index in [0.717, 1.165) is 0 Å². The van der Waals surface area contributed by atoms with Gasteiger partial charge in [0.15, 0.2) is 0 Å². The summed E-state index contributed by atoms with van der Waals surface area (Å²) < 4.78 is 0. The van der Waals surface area contributed by atoms with Crippen LogP contribution in [0.25, 0.3) is 0 Å². The van der Waals surface area contributed by atoms with Crippen LogP contribution in [0.5, 0.6) is 0 Å². The molecule has 0 amide bonds. The first-order valence-corrected chi connectivity index (χ1v) is 0.651. The largest absolute Gasteiger partial charge is 0.503 e. The SMILES string of the molecule is N.O.O.O=C(O)O. The number of rotatable bonds is 0. The fraction of sp³-hybridized carbons (Fsp3) is 0. The Hall–Kier alpha value is -0.850. The Bertz CT molecular complexity index is 31.1. The molecule has 0 aliphatic heterocycles. The third-order valence-corrected chi connectivity index (χ3v) is 0. The summed E-state index contributed by atoms with van der Waals surface area (Å²) in [5.74, 6) is 0. The van der Waals surface area contributed by atoms with Gasteiger partial charge in [-0.15, -0.1) is 0 Å². The second-order valence-corrected chi connectivity index (χ2v) is 0.283. The van der Waals surface area contributed by atoms with Crippen LogP contribution in [0.4, 0.5) is 4.79 Å². The van der Waals surface area contributed by atoms with E-state index < -0.39 is 6.16 Å². The topological polar surface area (TPSA) is 156 Å². The van der Waals surface area contributed by atoms with Crippen LogP contribution in [0, 0.1) is 0 Å². The minimum Gasteiger partial charge on any atom is -0.450 e. The van der Waals surface area contributed by atoms with E-state index in [4.69, 9.17) is 15.0 Å². The van der Waals surface area contributed by atoms with Gasteiger partial charge in [0, 0.05) is 0 Å². The van der Waals surface area contributed by atoms with Gasteiger partial charge in [0.25, 0.3) is 0 Å². The summed E-state index contributed by atoms with van der Waals surface area (Å²) in [5, 5.41) is 13.9. The fourth-order valence-corrected chi connectivity index (χ4v) is 0. The third kappa shape index (κ3) is 70.7. The Kier molecular flexibility index (Phi) is 96.7. The Morgan fingerprint density at radius 1 is 1.14 bits per heavy atom. The molecule has 6 heteroatoms. The molecular formula is CH9NO5. The molecule has 0 fully saturated rings. The first-order chi connectivity index (χ1) is 1.73. The highest BCUT2D eigenvalue weighted by atomic mass is 16.6. The molecule has 0 unspecified atom stereocenters. The molecule has 0 spiro atoms. The standard InChI is InChI=1S/CH2O3.H3N.2H2O/c2-1(3)4;;;/h(H2,2,3,4);1H3;2*1H2. The molecule has 0 aromatic rings. The van der Waals surface area contributed by atoms with Crippen molar-refractivity contribution in [3.05, 3.63) is 0 Å². The lowest BCUT2D eigenvalue weighted by Gasteiger charge is -1.60. The minimum absolute atomic E-state index is 0. The van der Waals surface area contributed by atoms with Crippen molar-refractivity contribution in [2.24, 2.45) is 0 Å². The van der Waals surface area contributed by atoms with Crippen LogP contribution in [0.15, 0.2) is 0 Å². The maximum atomic E-state index is 8.56. The molecule has 0 rings (SSSR count). The first-order valence-electron chi connectivity index (χ1n) is 0.651. The number of hydrogen-bond donors (Lipinski definition) is 3. The lowest BCUT2D eigenvalue weighted by atomic mass is 11.5. The highest BCUT2D eigenvalue weighted by Crippen LogP contribution is 1.42. The quantitative estimate of drug-likeness (QED) is 0.359. The van der Waals surface area contributed by atoms with Crippen LogP contribution in [-0.2, 0) is 0 Å². The van der Waals surface area contributed by atoms with Crippen molar-refractivity contribution in [2.45, 2.75) is 0 Å². The van der Waals surface area contributed by atoms with E-state index in [1.54, 1.807) is 0 Å². The molecule has 7 heavy (non-hydrogen) atoms. The molecule has 48 valence electrons. The van der Waals surface area contributed by atoms with Crippen LogP contribution in [-0.4, -0.2) is 27.3 Å². The summed E-state index contributed by atoms with van der Waals surface area (Å²) in [6.07, 6.45) is -1.83. The zero-order valence-electron chi connectivity index (χ0n) is 3.51. The van der Waals surface area contributed by atoms with Crippen molar-refractivity contribution >= 4 is 6.16 Å². The first kappa shape index (κ1) is 35.3. The van der Waals surface area contributed by atoms with E-state index in [9.17, 15) is 0 Å². The smallest absolute Gasteiger partial charge is 0.450 e. The number of hydrogen-bond acceptors (Lipinski definition) is 2. The van der Waals surface area contributed by atoms with Gasteiger partial charge in [-0.05, 0) is 0 Å². The van der Waals surface area contributed by atoms with E-state index in [0.29, 0.717) is 0 Å². The predicted molar refractivity (Wildman–Crippen MR) is 22.9 cm³/mol. The lowest BCUT2D eigenvalue weighted by molar-refractivity contribution is 0.137. The molecule has 0 atom stereocenters. The van der Waals surface area contributed by atoms with Crippen molar-refractivity contribution < 1.29 is 26.0 Å². The molecular weight excluding hydrogens is 106 g/mol. The van der Waals surface area contributed by atoms with Gasteiger partial charge < -0.3 is 27.3 Å². The van der Waals surface area contributed by atoms with Gasteiger partial charge in [-0.25, -0.2) is 4.79 Å². The van der Waals surface area contributed by atoms with Crippen LogP contribution < -0.4 is 6.15 Å². The van der Waals surface area contributed by atoms with Gasteiger partial charge in [-0.1, -0.05) is 0 Å². The van der Waals surface area contributed by atoms with E-state index >= 15 is 0 Å². The van der Waals surface area contributed by atoms with Crippen LogP contribution in [0.3, 0.4) is 0 Å². The highest BCUT2D eigenvalue weighted by Gasteiger charge is 1.70. The van der Waals surface area contributed by atoms with Crippen LogP contribution >= 0.6 is 0 Å². The molecule has 0 heterocycles. The normalized spacial score (nSPS) is 3.43. The molecule has 6 nitrogen and oxygen atoms in total. The summed E-state index contributed by atoms with van der Waals surface area (Å²) in [5.41, 5.74) is 0. The lowest BCUT2D eigenvalue weighted by Crippen LogP contribution is -1.81. The molecule has 0 radical (unpaired) electrons. The summed E-state index contributed by atoms with van der Waals surface area (Å²) in [6, 6.07) is 0. The van der Waals surface area contributed by atoms with Crippen molar-refractivity contribution in [3.8, 4) is 0 Å². The zero-order chi connectivity index (χ0) is 3.58. The summed E-state index contributed by atoms with van der Waals surface area (Å²) in [7, 11) is 0. The van der Waals surface area contributed by atoms with Crippen molar-refractivity contribution in [2.75, 3.05) is 0 Å². The fourth-order valence-electron chi connectivity index (χ4n) is 0. The molecule has 0 saturated carbocycles. The van der Waals surface area contributed by atoms with Gasteiger partial charge in [0.1, 0.15) is 0 Å². The molecule has 0 bridgehead atoms. The average molecular weight is 115 g/mol. The maximum Gasteiger partial charge on any atom is 0.503 e. The third-order valence-electron chi connectivity index (χ3n) is 0. The number of carbonyl (C=O) groups is 1. The van der Waals surface area contributed by atoms with Gasteiger partial charge in [0.2, 0.25) is 0 Å². The molecule has 0 saturated heterocycles. The molecule has 0 aliphatic rings. The van der Waals surface area contributed by atoms with E-state index in [2.05, 4.69) is 0 Å². The molecule has 0 aromatic carbocycles. The molecule has 0 aliphatic carbocycles. The van der Waals surface area contributed by atoms with E-state index in [1.807, 2.05) is 0 Å². The Morgan fingerprint density at radius 2 is 1.14 bits per heavy atom. The van der Waals surface area contributed by atoms with Gasteiger partial charge >= 0.3 is 6.16 Å². The average Bonchev–Trinajstić information content (AvgIpc) is 0.811. The highest BCUT2D eigenvalue weighted by molar-refractivity contribution is 5.53. The summed E-state index contributed by atoms with van der Waals surface area (Å²) in [4.78, 5) is 8.56. The van der Waals surface area contributed by atoms with Gasteiger partial charge in [-0.2, -0.15) is 0 Å². The van der Waals surface area contributed by atoms with Crippen LogP contribution in [0.1, 0.15) is 0 Å². The second-order valence-electron chi connectivity index (χ2n) is 0.283. The predicted octanol–water partition coefficient (Wildman–Crippen LogP) is -1.27. The summed E-state index contributed by atoms with van der Waals surface area (Å²) >= 11 is 0. The number of carboxylic acid groups (broad SMARTS) is 2. The zero-order valence-corrected chi connectivity index (χ0v) is 3.51. The van der Waals surface area contributed by atoms with E-state index in [-0.39, 0.29) is 17.1 Å². The van der Waals surface area contributed by atoms with E-state index in [1.165, 1.54) is 0 Å². The van der Waals surface area contributed by atoms with Crippen molar-refractivity contribution in [1.29, 1.82) is 0 Å². The summed E-state index contributed by atoms with van der Waals surface area (Å²) in [6.45, 7) is 0. The van der Waals surface area contributed by atoms with Crippen LogP contribution in [0.2, 0.25) is 0 Å². The van der Waals surface area contributed by atoms with Gasteiger partial charge in [0.05, 0.1) is 0 Å².